The van der Waals surface area contributed by atoms with Gasteiger partial charge in [0.15, 0.2) is 0 Å². The minimum atomic E-state index is 0.105. The zero-order valence-corrected chi connectivity index (χ0v) is 10.7. The first-order valence-corrected chi connectivity index (χ1v) is 5.93. The van der Waals surface area contributed by atoms with Crippen molar-refractivity contribution in [2.45, 2.75) is 12.6 Å². The van der Waals surface area contributed by atoms with E-state index in [9.17, 15) is 0 Å². The molecule has 0 amide bonds. The molecule has 0 fully saturated rings. The van der Waals surface area contributed by atoms with E-state index in [2.05, 4.69) is 27.8 Å². The number of hydrogen-bond acceptors (Lipinski definition) is 4. The third-order valence-electron chi connectivity index (χ3n) is 2.86. The smallest absolute Gasteiger partial charge is 0.0784 e. The summed E-state index contributed by atoms with van der Waals surface area (Å²) >= 11 is 0. The van der Waals surface area contributed by atoms with Gasteiger partial charge in [-0.1, -0.05) is 35.5 Å². The van der Waals surface area contributed by atoms with E-state index < -0.39 is 0 Å². The van der Waals surface area contributed by atoms with Gasteiger partial charge in [-0.05, 0) is 12.6 Å². The number of hydrogen-bond donors (Lipinski definition) is 1. The molecule has 0 spiro atoms. The summed E-state index contributed by atoms with van der Waals surface area (Å²) in [5, 5.41) is 11.3. The van der Waals surface area contributed by atoms with E-state index in [1.54, 1.807) is 13.3 Å². The van der Waals surface area contributed by atoms with Crippen molar-refractivity contribution < 1.29 is 4.74 Å². The van der Waals surface area contributed by atoms with Crippen molar-refractivity contribution in [2.24, 2.45) is 0 Å². The molecule has 18 heavy (non-hydrogen) atoms. The van der Waals surface area contributed by atoms with Crippen molar-refractivity contribution in [3.8, 4) is 0 Å². The van der Waals surface area contributed by atoms with Gasteiger partial charge in [-0.25, -0.2) is 4.68 Å². The van der Waals surface area contributed by atoms with Crippen LogP contribution in [0, 0.1) is 0 Å². The van der Waals surface area contributed by atoms with Gasteiger partial charge >= 0.3 is 0 Å². The third-order valence-corrected chi connectivity index (χ3v) is 2.86. The first-order chi connectivity index (χ1) is 8.85. The zero-order chi connectivity index (χ0) is 12.8. The Morgan fingerprint density at radius 2 is 2.11 bits per heavy atom. The number of aromatic nitrogens is 3. The molecule has 2 aromatic rings. The molecule has 1 aromatic carbocycles. The highest BCUT2D eigenvalue weighted by molar-refractivity contribution is 5.16. The summed E-state index contributed by atoms with van der Waals surface area (Å²) in [6, 6.07) is 10.3. The Kier molecular flexibility index (Phi) is 4.44. The lowest BCUT2D eigenvalue weighted by molar-refractivity contribution is 0.167. The molecule has 5 nitrogen and oxygen atoms in total. The molecule has 0 saturated heterocycles. The fourth-order valence-electron chi connectivity index (χ4n) is 1.90. The van der Waals surface area contributed by atoms with Crippen molar-refractivity contribution >= 4 is 0 Å². The second kappa shape index (κ2) is 6.28. The first kappa shape index (κ1) is 12.7. The van der Waals surface area contributed by atoms with Crippen molar-refractivity contribution in [3.05, 3.63) is 47.8 Å². The molecule has 0 radical (unpaired) electrons. The van der Waals surface area contributed by atoms with Gasteiger partial charge < -0.3 is 10.1 Å². The van der Waals surface area contributed by atoms with Crippen LogP contribution in [0.5, 0.6) is 0 Å². The summed E-state index contributed by atoms with van der Waals surface area (Å²) in [7, 11) is 3.60. The van der Waals surface area contributed by atoms with E-state index in [1.165, 1.54) is 5.56 Å². The molecule has 96 valence electrons. The van der Waals surface area contributed by atoms with E-state index in [4.69, 9.17) is 4.74 Å². The summed E-state index contributed by atoms with van der Waals surface area (Å²) in [4.78, 5) is 0. The van der Waals surface area contributed by atoms with Crippen LogP contribution in [0.1, 0.15) is 17.3 Å². The number of ether oxygens (including phenoxy) is 1. The highest BCUT2D eigenvalue weighted by Crippen LogP contribution is 2.12. The molecular formula is C13H18N4O. The Morgan fingerprint density at radius 3 is 2.78 bits per heavy atom. The Bertz CT molecular complexity index is 469. The van der Waals surface area contributed by atoms with Crippen molar-refractivity contribution in [3.63, 3.8) is 0 Å². The number of likely N-dealkylation sites (N-methyl/N-ethyl adjacent to an activating group) is 1. The molecule has 1 heterocycles. The Hall–Kier alpha value is -1.72. The number of methoxy groups -OCH3 is 1. The standard InChI is InChI=1S/C13H18N4O/c1-14-12(10-18-2)13-8-15-16-17(13)9-11-6-4-3-5-7-11/h3-8,12,14H,9-10H2,1-2H3. The molecule has 0 aliphatic heterocycles. The lowest BCUT2D eigenvalue weighted by atomic mass is 10.2. The molecule has 0 aliphatic rings. The van der Waals surface area contributed by atoms with E-state index >= 15 is 0 Å². The summed E-state index contributed by atoms with van der Waals surface area (Å²) in [6.45, 7) is 1.32. The lowest BCUT2D eigenvalue weighted by Gasteiger charge is -2.16. The number of nitrogens with one attached hydrogen (secondary N) is 1. The molecule has 0 aliphatic carbocycles. The van der Waals surface area contributed by atoms with Gasteiger partial charge in [0, 0.05) is 7.11 Å². The minimum absolute atomic E-state index is 0.105. The molecule has 1 aromatic heterocycles. The Morgan fingerprint density at radius 1 is 1.33 bits per heavy atom. The van der Waals surface area contributed by atoms with Gasteiger partial charge in [0.2, 0.25) is 0 Å². The predicted molar refractivity (Wildman–Crippen MR) is 69.2 cm³/mol. The van der Waals surface area contributed by atoms with Crippen LogP contribution in [-0.2, 0) is 11.3 Å². The highest BCUT2D eigenvalue weighted by Gasteiger charge is 2.15. The number of rotatable bonds is 6. The van der Waals surface area contributed by atoms with E-state index in [-0.39, 0.29) is 6.04 Å². The quantitative estimate of drug-likeness (QED) is 0.833. The van der Waals surface area contributed by atoms with Crippen molar-refractivity contribution in [1.29, 1.82) is 0 Å². The van der Waals surface area contributed by atoms with Crippen LogP contribution in [0.2, 0.25) is 0 Å². The molecule has 5 heteroatoms. The van der Waals surface area contributed by atoms with Crippen LogP contribution < -0.4 is 5.32 Å². The van der Waals surface area contributed by atoms with Crippen molar-refractivity contribution in [1.82, 2.24) is 20.3 Å². The SMILES string of the molecule is CNC(COC)c1cnnn1Cc1ccccc1. The molecule has 0 saturated carbocycles. The summed E-state index contributed by atoms with van der Waals surface area (Å²) in [6.07, 6.45) is 1.78. The summed E-state index contributed by atoms with van der Waals surface area (Å²) in [5.41, 5.74) is 2.24. The molecular weight excluding hydrogens is 228 g/mol. The minimum Gasteiger partial charge on any atom is -0.383 e. The maximum atomic E-state index is 5.19. The second-order valence-corrected chi connectivity index (χ2v) is 4.10. The lowest BCUT2D eigenvalue weighted by Crippen LogP contribution is -2.24. The largest absolute Gasteiger partial charge is 0.383 e. The maximum Gasteiger partial charge on any atom is 0.0784 e. The maximum absolute atomic E-state index is 5.19. The van der Waals surface area contributed by atoms with Gasteiger partial charge in [-0.2, -0.15) is 0 Å². The fraction of sp³-hybridized carbons (Fsp3) is 0.385. The number of benzene rings is 1. The van der Waals surface area contributed by atoms with Crippen LogP contribution in [0.15, 0.2) is 36.5 Å². The van der Waals surface area contributed by atoms with Gasteiger partial charge in [0.25, 0.3) is 0 Å². The average molecular weight is 246 g/mol. The molecule has 2 rings (SSSR count). The highest BCUT2D eigenvalue weighted by atomic mass is 16.5. The summed E-state index contributed by atoms with van der Waals surface area (Å²) in [5.74, 6) is 0. The van der Waals surface area contributed by atoms with Gasteiger partial charge in [0.05, 0.1) is 31.1 Å². The number of nitrogens with zero attached hydrogens (tertiary/aromatic N) is 3. The van der Waals surface area contributed by atoms with Crippen LogP contribution >= 0.6 is 0 Å². The topological polar surface area (TPSA) is 52.0 Å². The monoisotopic (exact) mass is 246 g/mol. The van der Waals surface area contributed by atoms with Gasteiger partial charge in [0.1, 0.15) is 0 Å². The normalized spacial score (nSPS) is 12.6. The molecule has 1 atom stereocenters. The molecule has 0 bridgehead atoms. The van der Waals surface area contributed by atoms with E-state index in [0.717, 1.165) is 12.2 Å². The Balaban J connectivity index is 2.17. The third kappa shape index (κ3) is 2.94. The van der Waals surface area contributed by atoms with Gasteiger partial charge in [-0.3, -0.25) is 0 Å². The molecule has 1 N–H and O–H groups in total. The van der Waals surface area contributed by atoms with E-state index in [1.807, 2.05) is 29.9 Å². The van der Waals surface area contributed by atoms with Crippen LogP contribution in [0.4, 0.5) is 0 Å². The summed E-state index contributed by atoms with van der Waals surface area (Å²) < 4.78 is 7.09. The second-order valence-electron chi connectivity index (χ2n) is 4.10. The Labute approximate surface area is 107 Å². The average Bonchev–Trinajstić information content (AvgIpc) is 2.85. The predicted octanol–water partition coefficient (Wildman–Crippen LogP) is 1.23. The fourth-order valence-corrected chi connectivity index (χ4v) is 1.90. The van der Waals surface area contributed by atoms with Crippen LogP contribution in [0.25, 0.3) is 0 Å². The zero-order valence-electron chi connectivity index (χ0n) is 10.7. The molecule has 1 unspecified atom stereocenters. The van der Waals surface area contributed by atoms with Crippen molar-refractivity contribution in [2.75, 3.05) is 20.8 Å². The first-order valence-electron chi connectivity index (χ1n) is 5.93. The van der Waals surface area contributed by atoms with E-state index in [0.29, 0.717) is 6.61 Å². The van der Waals surface area contributed by atoms with Gasteiger partial charge in [-0.15, -0.1) is 5.10 Å². The van der Waals surface area contributed by atoms with Crippen LogP contribution in [-0.4, -0.2) is 35.8 Å². The van der Waals surface area contributed by atoms with Crippen LogP contribution in [0.3, 0.4) is 0 Å².